The first-order chi connectivity index (χ1) is 11.6. The molecule has 0 saturated carbocycles. The van der Waals surface area contributed by atoms with Gasteiger partial charge in [-0.25, -0.2) is 4.79 Å². The molecule has 0 bridgehead atoms. The Morgan fingerprint density at radius 2 is 1.58 bits per heavy atom. The second kappa shape index (κ2) is 8.84. The standard InChI is InChI=1S/C19H21NO4/c1-23-13-18(21)20-17(19(22)24-2)12-14-8-10-16(11-9-14)15-6-4-3-5-7-15/h3-11,17H,12-13H2,1-2H3,(H,20,21)/t17-/m1/s1. The summed E-state index contributed by atoms with van der Waals surface area (Å²) in [6.07, 6.45) is 0.358. The molecule has 0 aliphatic carbocycles. The van der Waals surface area contributed by atoms with Crippen molar-refractivity contribution in [3.05, 3.63) is 60.2 Å². The SMILES string of the molecule is COCC(=O)N[C@H](Cc1ccc(-c2ccccc2)cc1)C(=O)OC. The van der Waals surface area contributed by atoms with Gasteiger partial charge in [0.05, 0.1) is 7.11 Å². The Morgan fingerprint density at radius 3 is 2.17 bits per heavy atom. The summed E-state index contributed by atoms with van der Waals surface area (Å²) in [7, 11) is 2.73. The monoisotopic (exact) mass is 327 g/mol. The van der Waals surface area contributed by atoms with Gasteiger partial charge in [0.1, 0.15) is 12.6 Å². The van der Waals surface area contributed by atoms with E-state index in [4.69, 9.17) is 9.47 Å². The molecule has 0 aliphatic heterocycles. The molecule has 2 rings (SSSR count). The predicted octanol–water partition coefficient (Wildman–Crippen LogP) is 2.20. The van der Waals surface area contributed by atoms with Gasteiger partial charge < -0.3 is 14.8 Å². The van der Waals surface area contributed by atoms with Crippen LogP contribution in [0.4, 0.5) is 0 Å². The summed E-state index contributed by atoms with van der Waals surface area (Å²) < 4.78 is 9.53. The molecule has 0 heterocycles. The number of carbonyl (C=O) groups is 2. The molecule has 2 aromatic rings. The van der Waals surface area contributed by atoms with E-state index in [0.29, 0.717) is 6.42 Å². The zero-order chi connectivity index (χ0) is 17.4. The molecule has 1 N–H and O–H groups in total. The molecule has 2 aromatic carbocycles. The minimum atomic E-state index is -0.736. The number of hydrogen-bond donors (Lipinski definition) is 1. The topological polar surface area (TPSA) is 64.6 Å². The van der Waals surface area contributed by atoms with E-state index in [1.807, 2.05) is 54.6 Å². The van der Waals surface area contributed by atoms with Gasteiger partial charge in [-0.2, -0.15) is 0 Å². The Morgan fingerprint density at radius 1 is 0.958 bits per heavy atom. The first-order valence-corrected chi connectivity index (χ1v) is 7.64. The van der Waals surface area contributed by atoms with Gasteiger partial charge in [-0.15, -0.1) is 0 Å². The fourth-order valence-corrected chi connectivity index (χ4v) is 2.40. The average Bonchev–Trinajstić information content (AvgIpc) is 2.62. The number of rotatable bonds is 7. The van der Waals surface area contributed by atoms with Gasteiger partial charge in [-0.05, 0) is 16.7 Å². The van der Waals surface area contributed by atoms with Crippen LogP contribution in [0.25, 0.3) is 11.1 Å². The summed E-state index contributed by atoms with van der Waals surface area (Å²) in [5, 5.41) is 2.62. The van der Waals surface area contributed by atoms with Crippen molar-refractivity contribution in [1.82, 2.24) is 5.32 Å². The molecule has 0 unspecified atom stereocenters. The van der Waals surface area contributed by atoms with Gasteiger partial charge in [0.2, 0.25) is 5.91 Å². The molecule has 0 radical (unpaired) electrons. The predicted molar refractivity (Wildman–Crippen MR) is 91.4 cm³/mol. The van der Waals surface area contributed by atoms with E-state index in [-0.39, 0.29) is 12.5 Å². The van der Waals surface area contributed by atoms with E-state index in [1.54, 1.807) is 0 Å². The number of esters is 1. The molecule has 126 valence electrons. The molecule has 0 aliphatic rings. The molecule has 5 heteroatoms. The maximum atomic E-state index is 11.9. The minimum Gasteiger partial charge on any atom is -0.467 e. The maximum absolute atomic E-state index is 11.9. The molecule has 0 saturated heterocycles. The van der Waals surface area contributed by atoms with E-state index in [0.717, 1.165) is 16.7 Å². The Bertz CT molecular complexity index is 668. The summed E-state index contributed by atoms with van der Waals surface area (Å²) in [6, 6.07) is 17.2. The third kappa shape index (κ3) is 4.93. The van der Waals surface area contributed by atoms with Crippen molar-refractivity contribution < 1.29 is 19.1 Å². The molecular weight excluding hydrogens is 306 g/mol. The van der Waals surface area contributed by atoms with Crippen molar-refractivity contribution >= 4 is 11.9 Å². The number of ether oxygens (including phenoxy) is 2. The van der Waals surface area contributed by atoms with Crippen LogP contribution >= 0.6 is 0 Å². The van der Waals surface area contributed by atoms with Crippen molar-refractivity contribution in [3.8, 4) is 11.1 Å². The lowest BCUT2D eigenvalue weighted by Crippen LogP contribution is -2.44. The first-order valence-electron chi connectivity index (χ1n) is 7.64. The van der Waals surface area contributed by atoms with Crippen LogP contribution in [-0.4, -0.2) is 38.7 Å². The van der Waals surface area contributed by atoms with Crippen LogP contribution < -0.4 is 5.32 Å². The molecule has 5 nitrogen and oxygen atoms in total. The highest BCUT2D eigenvalue weighted by Crippen LogP contribution is 2.19. The van der Waals surface area contributed by atoms with Crippen LogP contribution in [-0.2, 0) is 25.5 Å². The second-order valence-electron chi connectivity index (χ2n) is 5.34. The summed E-state index contributed by atoms with van der Waals surface area (Å²) in [4.78, 5) is 23.5. The lowest BCUT2D eigenvalue weighted by Gasteiger charge is -2.16. The zero-order valence-electron chi connectivity index (χ0n) is 13.8. The molecule has 24 heavy (non-hydrogen) atoms. The quantitative estimate of drug-likeness (QED) is 0.792. The van der Waals surface area contributed by atoms with Crippen molar-refractivity contribution in [2.75, 3.05) is 20.8 Å². The highest BCUT2D eigenvalue weighted by atomic mass is 16.5. The zero-order valence-corrected chi connectivity index (χ0v) is 13.8. The highest BCUT2D eigenvalue weighted by Gasteiger charge is 2.21. The number of nitrogens with one attached hydrogen (secondary N) is 1. The number of hydrogen-bond acceptors (Lipinski definition) is 4. The van der Waals surface area contributed by atoms with Crippen molar-refractivity contribution in [2.24, 2.45) is 0 Å². The number of benzene rings is 2. The van der Waals surface area contributed by atoms with Gasteiger partial charge in [0.25, 0.3) is 0 Å². The summed E-state index contributed by atoms with van der Waals surface area (Å²) in [5.74, 6) is -0.833. The van der Waals surface area contributed by atoms with Gasteiger partial charge in [-0.3, -0.25) is 4.79 Å². The van der Waals surface area contributed by atoms with Crippen LogP contribution in [0.3, 0.4) is 0 Å². The molecule has 1 amide bonds. The molecule has 0 aromatic heterocycles. The lowest BCUT2D eigenvalue weighted by molar-refractivity contribution is -0.145. The molecular formula is C19H21NO4. The minimum absolute atomic E-state index is 0.0968. The number of amides is 1. The summed E-state index contributed by atoms with van der Waals surface area (Å²) in [5.41, 5.74) is 3.15. The highest BCUT2D eigenvalue weighted by molar-refractivity contribution is 5.85. The Kier molecular flexibility index (Phi) is 6.51. The molecule has 0 spiro atoms. The Labute approximate surface area is 141 Å². The van der Waals surface area contributed by atoms with E-state index < -0.39 is 12.0 Å². The van der Waals surface area contributed by atoms with Gasteiger partial charge in [0, 0.05) is 13.5 Å². The van der Waals surface area contributed by atoms with Crippen LogP contribution in [0, 0.1) is 0 Å². The van der Waals surface area contributed by atoms with E-state index in [9.17, 15) is 9.59 Å². The maximum Gasteiger partial charge on any atom is 0.328 e. The summed E-state index contributed by atoms with van der Waals surface area (Å²) >= 11 is 0. The largest absolute Gasteiger partial charge is 0.467 e. The van der Waals surface area contributed by atoms with E-state index >= 15 is 0 Å². The lowest BCUT2D eigenvalue weighted by atomic mass is 10.0. The number of carbonyl (C=O) groups excluding carboxylic acids is 2. The summed E-state index contributed by atoms with van der Waals surface area (Å²) in [6.45, 7) is -0.0968. The second-order valence-corrected chi connectivity index (χ2v) is 5.34. The Hall–Kier alpha value is -2.66. The van der Waals surface area contributed by atoms with Crippen LogP contribution in [0.1, 0.15) is 5.56 Å². The molecule has 1 atom stereocenters. The smallest absolute Gasteiger partial charge is 0.328 e. The molecule has 0 fully saturated rings. The van der Waals surface area contributed by atoms with Crippen LogP contribution in [0.5, 0.6) is 0 Å². The Balaban J connectivity index is 2.08. The fraction of sp³-hybridized carbons (Fsp3) is 0.263. The average molecular weight is 327 g/mol. The van der Waals surface area contributed by atoms with E-state index in [1.165, 1.54) is 14.2 Å². The van der Waals surface area contributed by atoms with E-state index in [2.05, 4.69) is 5.32 Å². The van der Waals surface area contributed by atoms with Crippen LogP contribution in [0.2, 0.25) is 0 Å². The third-order valence-corrected chi connectivity index (χ3v) is 3.60. The van der Waals surface area contributed by atoms with Gasteiger partial charge in [0.15, 0.2) is 0 Å². The third-order valence-electron chi connectivity index (χ3n) is 3.60. The first kappa shape index (κ1) is 17.7. The van der Waals surface area contributed by atoms with Crippen molar-refractivity contribution in [2.45, 2.75) is 12.5 Å². The van der Waals surface area contributed by atoms with Crippen LogP contribution in [0.15, 0.2) is 54.6 Å². The number of methoxy groups -OCH3 is 2. The van der Waals surface area contributed by atoms with Gasteiger partial charge in [-0.1, -0.05) is 54.6 Å². The normalized spacial score (nSPS) is 11.6. The van der Waals surface area contributed by atoms with Gasteiger partial charge >= 0.3 is 5.97 Å². The van der Waals surface area contributed by atoms with Crippen molar-refractivity contribution in [1.29, 1.82) is 0 Å². The fourth-order valence-electron chi connectivity index (χ4n) is 2.40. The van der Waals surface area contributed by atoms with Crippen molar-refractivity contribution in [3.63, 3.8) is 0 Å².